The number of sulfonamides is 1. The summed E-state index contributed by atoms with van der Waals surface area (Å²) in [7, 11) is -3.65. The number of nitrogens with zero attached hydrogens (tertiary/aromatic N) is 2. The molecule has 0 saturated carbocycles. The average molecular weight is 493 g/mol. The Labute approximate surface area is 201 Å². The number of carbonyl (C=O) groups is 1. The predicted molar refractivity (Wildman–Crippen MR) is 130 cm³/mol. The number of benzene rings is 2. The first-order chi connectivity index (χ1) is 16.5. The number of oxazole rings is 1. The number of thiophene rings is 1. The summed E-state index contributed by atoms with van der Waals surface area (Å²) in [6.45, 7) is 0.419. The Morgan fingerprint density at radius 3 is 2.74 bits per heavy atom. The van der Waals surface area contributed by atoms with Gasteiger partial charge in [0.15, 0.2) is 0 Å². The number of para-hydroxylation sites is 1. The minimum atomic E-state index is -3.65. The van der Waals surface area contributed by atoms with Crippen LogP contribution in [0.4, 0.5) is 5.69 Å². The van der Waals surface area contributed by atoms with E-state index in [-0.39, 0.29) is 11.5 Å². The molecule has 4 aromatic rings. The van der Waals surface area contributed by atoms with Crippen molar-refractivity contribution in [1.82, 2.24) is 4.98 Å². The lowest BCUT2D eigenvalue weighted by atomic mass is 10.2. The molecule has 0 bridgehead atoms. The number of hydrogen-bond acceptors (Lipinski definition) is 7. The Kier molecular flexibility index (Phi) is 6.04. The van der Waals surface area contributed by atoms with Gasteiger partial charge in [0.05, 0.1) is 15.5 Å². The number of ether oxygens (including phenoxy) is 1. The first kappa shape index (κ1) is 22.1. The SMILES string of the molecule is O=C(C=Cc1ccc(S(=O)(=O)N2CCc3ccccc32)cc1)OCc1coc(-c2cccs2)n1. The fraction of sp³-hybridized carbons (Fsp3) is 0.120. The van der Waals surface area contributed by atoms with Crippen LogP contribution in [0.25, 0.3) is 16.8 Å². The van der Waals surface area contributed by atoms with Gasteiger partial charge in [0.25, 0.3) is 10.0 Å². The highest BCUT2D eigenvalue weighted by Gasteiger charge is 2.30. The normalized spacial score (nSPS) is 13.4. The van der Waals surface area contributed by atoms with Crippen LogP contribution in [0.5, 0.6) is 0 Å². The van der Waals surface area contributed by atoms with Gasteiger partial charge in [-0.3, -0.25) is 4.31 Å². The molecule has 1 aliphatic heterocycles. The molecule has 5 rings (SSSR count). The van der Waals surface area contributed by atoms with Crippen LogP contribution in [0.1, 0.15) is 16.8 Å². The van der Waals surface area contributed by atoms with E-state index >= 15 is 0 Å². The van der Waals surface area contributed by atoms with E-state index in [1.807, 2.05) is 41.8 Å². The van der Waals surface area contributed by atoms with Crippen molar-refractivity contribution >= 4 is 39.1 Å². The van der Waals surface area contributed by atoms with Crippen molar-refractivity contribution in [2.45, 2.75) is 17.9 Å². The molecule has 172 valence electrons. The highest BCUT2D eigenvalue weighted by Crippen LogP contribution is 2.32. The lowest BCUT2D eigenvalue weighted by Gasteiger charge is -2.19. The van der Waals surface area contributed by atoms with E-state index in [2.05, 4.69) is 4.98 Å². The van der Waals surface area contributed by atoms with Gasteiger partial charge >= 0.3 is 5.97 Å². The fourth-order valence-corrected chi connectivity index (χ4v) is 5.84. The van der Waals surface area contributed by atoms with E-state index < -0.39 is 16.0 Å². The summed E-state index contributed by atoms with van der Waals surface area (Å²) in [5.41, 5.74) is 2.95. The number of anilines is 1. The van der Waals surface area contributed by atoms with Crippen molar-refractivity contribution in [1.29, 1.82) is 0 Å². The van der Waals surface area contributed by atoms with Gasteiger partial charge in [0, 0.05) is 12.6 Å². The summed E-state index contributed by atoms with van der Waals surface area (Å²) in [4.78, 5) is 17.5. The molecule has 2 aromatic heterocycles. The monoisotopic (exact) mass is 492 g/mol. The molecule has 0 fully saturated rings. The van der Waals surface area contributed by atoms with Gasteiger partial charge in [-0.25, -0.2) is 18.2 Å². The summed E-state index contributed by atoms with van der Waals surface area (Å²) in [5, 5.41) is 1.93. The van der Waals surface area contributed by atoms with Crippen molar-refractivity contribution in [2.75, 3.05) is 10.8 Å². The zero-order chi connectivity index (χ0) is 23.5. The van der Waals surface area contributed by atoms with Gasteiger partial charge < -0.3 is 9.15 Å². The molecule has 2 aromatic carbocycles. The molecular formula is C25H20N2O5S2. The van der Waals surface area contributed by atoms with E-state index in [9.17, 15) is 13.2 Å². The predicted octanol–water partition coefficient (Wildman–Crippen LogP) is 4.91. The van der Waals surface area contributed by atoms with Crippen molar-refractivity contribution in [2.24, 2.45) is 0 Å². The van der Waals surface area contributed by atoms with Crippen molar-refractivity contribution in [3.05, 3.63) is 95.2 Å². The summed E-state index contributed by atoms with van der Waals surface area (Å²) in [6, 6.07) is 17.7. The molecule has 0 aliphatic carbocycles. The van der Waals surface area contributed by atoms with Crippen LogP contribution in [0.2, 0.25) is 0 Å². The number of rotatable bonds is 7. The molecule has 34 heavy (non-hydrogen) atoms. The Morgan fingerprint density at radius 1 is 1.12 bits per heavy atom. The number of aromatic nitrogens is 1. The Balaban J connectivity index is 1.19. The molecule has 0 atom stereocenters. The molecule has 0 radical (unpaired) electrons. The van der Waals surface area contributed by atoms with Crippen LogP contribution < -0.4 is 4.31 Å². The van der Waals surface area contributed by atoms with E-state index in [0.29, 0.717) is 30.1 Å². The van der Waals surface area contributed by atoms with Crippen LogP contribution in [-0.2, 0) is 32.6 Å². The van der Waals surface area contributed by atoms with Crippen molar-refractivity contribution < 1.29 is 22.4 Å². The van der Waals surface area contributed by atoms with Crippen LogP contribution in [-0.4, -0.2) is 25.9 Å². The summed E-state index contributed by atoms with van der Waals surface area (Å²) in [6.07, 6.45) is 5.02. The molecule has 0 amide bonds. The quantitative estimate of drug-likeness (QED) is 0.269. The first-order valence-electron chi connectivity index (χ1n) is 10.5. The largest absolute Gasteiger partial charge is 0.456 e. The highest BCUT2D eigenvalue weighted by molar-refractivity contribution is 7.92. The second-order valence-electron chi connectivity index (χ2n) is 7.59. The molecule has 7 nitrogen and oxygen atoms in total. The third kappa shape index (κ3) is 4.52. The minimum absolute atomic E-state index is 0.00740. The summed E-state index contributed by atoms with van der Waals surface area (Å²) >= 11 is 1.51. The Morgan fingerprint density at radius 2 is 1.94 bits per heavy atom. The van der Waals surface area contributed by atoms with E-state index in [1.165, 1.54) is 28.0 Å². The zero-order valence-corrected chi connectivity index (χ0v) is 19.6. The maximum absolute atomic E-state index is 13.1. The average Bonchev–Trinajstić information content (AvgIpc) is 3.62. The summed E-state index contributed by atoms with van der Waals surface area (Å²) in [5.74, 6) is -0.0462. The van der Waals surface area contributed by atoms with Gasteiger partial charge in [-0.2, -0.15) is 0 Å². The Hall–Kier alpha value is -3.69. The van der Waals surface area contributed by atoms with E-state index in [4.69, 9.17) is 9.15 Å². The fourth-order valence-electron chi connectivity index (χ4n) is 3.68. The number of hydrogen-bond donors (Lipinski definition) is 0. The molecular weight excluding hydrogens is 472 g/mol. The number of carbonyl (C=O) groups excluding carboxylic acids is 1. The summed E-state index contributed by atoms with van der Waals surface area (Å²) < 4.78 is 38.2. The number of fused-ring (bicyclic) bond motifs is 1. The third-order valence-corrected chi connectivity index (χ3v) is 8.06. The second kappa shape index (κ2) is 9.28. The van der Waals surface area contributed by atoms with Crippen LogP contribution >= 0.6 is 11.3 Å². The molecule has 1 aliphatic rings. The first-order valence-corrected chi connectivity index (χ1v) is 12.9. The maximum atomic E-state index is 13.1. The zero-order valence-electron chi connectivity index (χ0n) is 18.0. The van der Waals surface area contributed by atoms with Gasteiger partial charge in [-0.1, -0.05) is 36.4 Å². The van der Waals surface area contributed by atoms with Gasteiger partial charge in [0.2, 0.25) is 5.89 Å². The van der Waals surface area contributed by atoms with Crippen molar-refractivity contribution in [3.63, 3.8) is 0 Å². The lowest BCUT2D eigenvalue weighted by molar-refractivity contribution is -0.139. The molecule has 0 N–H and O–H groups in total. The van der Waals surface area contributed by atoms with Crippen LogP contribution in [0, 0.1) is 0 Å². The van der Waals surface area contributed by atoms with Crippen LogP contribution in [0.15, 0.2) is 87.7 Å². The topological polar surface area (TPSA) is 89.7 Å². The third-order valence-electron chi connectivity index (χ3n) is 5.37. The molecule has 0 unspecified atom stereocenters. The van der Waals surface area contributed by atoms with Crippen LogP contribution in [0.3, 0.4) is 0 Å². The van der Waals surface area contributed by atoms with E-state index in [0.717, 1.165) is 16.1 Å². The minimum Gasteiger partial charge on any atom is -0.456 e. The smallest absolute Gasteiger partial charge is 0.331 e. The van der Waals surface area contributed by atoms with Gasteiger partial charge in [0.1, 0.15) is 18.6 Å². The lowest BCUT2D eigenvalue weighted by Crippen LogP contribution is -2.29. The molecule has 0 saturated heterocycles. The van der Waals surface area contributed by atoms with Gasteiger partial charge in [-0.15, -0.1) is 11.3 Å². The van der Waals surface area contributed by atoms with Crippen molar-refractivity contribution in [3.8, 4) is 10.8 Å². The standard InChI is InChI=1S/C25H20N2O5S2/c28-24(31-16-20-17-32-25(26-20)23-6-3-15-33-23)12-9-18-7-10-21(11-8-18)34(29,30)27-14-13-19-4-1-2-5-22(19)27/h1-12,15,17H,13-14,16H2. The second-order valence-corrected chi connectivity index (χ2v) is 10.4. The van der Waals surface area contributed by atoms with Gasteiger partial charge in [-0.05, 0) is 53.3 Å². The molecule has 9 heteroatoms. The molecule has 3 heterocycles. The Bertz CT molecular complexity index is 1440. The van der Waals surface area contributed by atoms with E-state index in [1.54, 1.807) is 30.3 Å². The highest BCUT2D eigenvalue weighted by atomic mass is 32.2. The maximum Gasteiger partial charge on any atom is 0.331 e. The number of esters is 1. The molecule has 0 spiro atoms.